The highest BCUT2D eigenvalue weighted by atomic mass is 32.1. The van der Waals surface area contributed by atoms with E-state index in [4.69, 9.17) is 0 Å². The molecule has 26 heavy (non-hydrogen) atoms. The van der Waals surface area contributed by atoms with E-state index < -0.39 is 12.1 Å². The van der Waals surface area contributed by atoms with E-state index in [1.807, 2.05) is 17.7 Å². The molecule has 0 bridgehead atoms. The number of hydrogen-bond donors (Lipinski definition) is 0. The number of Topliss-reactive ketones (excluding diaryl/α,β-unsaturated/α-hetero) is 1. The summed E-state index contributed by atoms with van der Waals surface area (Å²) in [5, 5.41) is 3.38. The van der Waals surface area contributed by atoms with Crippen LogP contribution in [0.15, 0.2) is 35.1 Å². The Morgan fingerprint density at radius 2 is 2.12 bits per heavy atom. The lowest BCUT2D eigenvalue weighted by atomic mass is 10.1. The van der Waals surface area contributed by atoms with Crippen molar-refractivity contribution in [1.82, 2.24) is 14.7 Å². The predicted molar refractivity (Wildman–Crippen MR) is 90.0 cm³/mol. The van der Waals surface area contributed by atoms with Gasteiger partial charge in [0.1, 0.15) is 0 Å². The van der Waals surface area contributed by atoms with E-state index in [9.17, 15) is 18.0 Å². The van der Waals surface area contributed by atoms with Gasteiger partial charge in [0.15, 0.2) is 5.78 Å². The van der Waals surface area contributed by atoms with Gasteiger partial charge >= 0.3 is 12.1 Å². The van der Waals surface area contributed by atoms with E-state index >= 15 is 0 Å². The maximum Gasteiger partial charge on any atom is 0.471 e. The van der Waals surface area contributed by atoms with Crippen LogP contribution in [0, 0.1) is 0 Å². The molecule has 0 unspecified atom stereocenters. The first-order chi connectivity index (χ1) is 12.4. The van der Waals surface area contributed by atoms with Crippen molar-refractivity contribution in [2.24, 2.45) is 0 Å². The summed E-state index contributed by atoms with van der Waals surface area (Å²) < 4.78 is 43.7. The summed E-state index contributed by atoms with van der Waals surface area (Å²) in [4.78, 5) is 16.8. The Morgan fingerprint density at radius 1 is 1.31 bits per heavy atom. The minimum atomic E-state index is -4.66. The summed E-state index contributed by atoms with van der Waals surface area (Å²) in [6.45, 7) is 2.55. The van der Waals surface area contributed by atoms with Gasteiger partial charge in [-0.25, -0.2) is 0 Å². The molecule has 0 atom stereocenters. The average molecular weight is 383 g/mol. The SMILES string of the molecule is CCCCC(=O)c1ccn(Cc2ccc(-c3noc(C(F)(F)F)n3)s2)c1. The number of hydrogen-bond acceptors (Lipinski definition) is 5. The van der Waals surface area contributed by atoms with Crippen molar-refractivity contribution in [3.05, 3.63) is 46.9 Å². The molecule has 0 aliphatic carbocycles. The number of alkyl halides is 3. The van der Waals surface area contributed by atoms with Gasteiger partial charge in [-0.15, -0.1) is 11.3 Å². The van der Waals surface area contributed by atoms with Gasteiger partial charge in [-0.05, 0) is 24.6 Å². The van der Waals surface area contributed by atoms with Crippen LogP contribution in [-0.4, -0.2) is 20.5 Å². The molecular formula is C17H16F3N3O2S. The van der Waals surface area contributed by atoms with Crippen molar-refractivity contribution in [2.45, 2.75) is 38.9 Å². The zero-order valence-electron chi connectivity index (χ0n) is 13.9. The number of carbonyl (C=O) groups excluding carboxylic acids is 1. The van der Waals surface area contributed by atoms with Crippen molar-refractivity contribution >= 4 is 17.1 Å². The summed E-state index contributed by atoms with van der Waals surface area (Å²) in [6.07, 6.45) is 1.31. The molecule has 0 radical (unpaired) electrons. The Morgan fingerprint density at radius 3 is 2.81 bits per heavy atom. The predicted octanol–water partition coefficient (Wildman–Crippen LogP) is 5.04. The fourth-order valence-corrected chi connectivity index (χ4v) is 3.33. The molecule has 9 heteroatoms. The third kappa shape index (κ3) is 4.21. The first-order valence-corrected chi connectivity index (χ1v) is 8.87. The van der Waals surface area contributed by atoms with Gasteiger partial charge in [0.25, 0.3) is 0 Å². The van der Waals surface area contributed by atoms with Gasteiger partial charge in [-0.2, -0.15) is 18.2 Å². The molecule has 3 heterocycles. The molecule has 0 saturated carbocycles. The number of unbranched alkanes of at least 4 members (excludes halogenated alkanes) is 1. The van der Waals surface area contributed by atoms with Crippen LogP contribution in [0.5, 0.6) is 0 Å². The maximum atomic E-state index is 12.5. The van der Waals surface area contributed by atoms with Crippen LogP contribution < -0.4 is 0 Å². The zero-order valence-corrected chi connectivity index (χ0v) is 14.7. The van der Waals surface area contributed by atoms with Gasteiger partial charge in [-0.1, -0.05) is 18.5 Å². The zero-order chi connectivity index (χ0) is 18.7. The van der Waals surface area contributed by atoms with Crippen LogP contribution in [0.4, 0.5) is 13.2 Å². The first-order valence-electron chi connectivity index (χ1n) is 8.06. The minimum absolute atomic E-state index is 0.0866. The third-order valence-corrected chi connectivity index (χ3v) is 4.78. The van der Waals surface area contributed by atoms with Crippen molar-refractivity contribution in [3.63, 3.8) is 0 Å². The number of nitrogens with zero attached hydrogens (tertiary/aromatic N) is 3. The summed E-state index contributed by atoms with van der Waals surface area (Å²) in [5.41, 5.74) is 0.670. The standard InChI is InChI=1S/C17H16F3N3O2S/c1-2-3-4-13(24)11-7-8-23(9-11)10-12-5-6-14(26-12)15-21-16(25-22-15)17(18,19)20/h5-9H,2-4,10H2,1H3. The molecule has 3 aromatic heterocycles. The molecule has 0 N–H and O–H groups in total. The number of carbonyl (C=O) groups is 1. The molecule has 0 amide bonds. The number of ketones is 1. The van der Waals surface area contributed by atoms with E-state index in [-0.39, 0.29) is 11.6 Å². The minimum Gasteiger partial charge on any atom is -0.348 e. The van der Waals surface area contributed by atoms with Gasteiger partial charge in [0.05, 0.1) is 11.4 Å². The highest BCUT2D eigenvalue weighted by Crippen LogP contribution is 2.31. The van der Waals surface area contributed by atoms with Crippen LogP contribution in [0.1, 0.15) is 47.3 Å². The topological polar surface area (TPSA) is 60.9 Å². The quantitative estimate of drug-likeness (QED) is 0.536. The lowest BCUT2D eigenvalue weighted by Gasteiger charge is -1.99. The molecule has 138 valence electrons. The van der Waals surface area contributed by atoms with E-state index in [2.05, 4.69) is 14.7 Å². The van der Waals surface area contributed by atoms with E-state index in [1.165, 1.54) is 11.3 Å². The Labute approximate surface area is 151 Å². The highest BCUT2D eigenvalue weighted by Gasteiger charge is 2.38. The summed E-state index contributed by atoms with van der Waals surface area (Å²) in [6, 6.07) is 5.23. The number of rotatable bonds is 7. The van der Waals surface area contributed by atoms with Crippen LogP contribution in [0.3, 0.4) is 0 Å². The second-order valence-corrected chi connectivity index (χ2v) is 6.95. The van der Waals surface area contributed by atoms with Crippen molar-refractivity contribution in [2.75, 3.05) is 0 Å². The molecule has 0 aliphatic heterocycles. The number of aromatic nitrogens is 3. The maximum absolute atomic E-state index is 12.5. The van der Waals surface area contributed by atoms with Crippen LogP contribution in [0.2, 0.25) is 0 Å². The lowest BCUT2D eigenvalue weighted by molar-refractivity contribution is -0.159. The number of thiophene rings is 1. The van der Waals surface area contributed by atoms with E-state index in [0.717, 1.165) is 17.7 Å². The molecule has 0 aliphatic rings. The average Bonchev–Trinajstić information content (AvgIpc) is 3.31. The second-order valence-electron chi connectivity index (χ2n) is 5.79. The van der Waals surface area contributed by atoms with Crippen LogP contribution in [0.25, 0.3) is 10.7 Å². The van der Waals surface area contributed by atoms with Crippen molar-refractivity contribution < 1.29 is 22.5 Å². The Balaban J connectivity index is 1.68. The monoisotopic (exact) mass is 383 g/mol. The molecule has 0 fully saturated rings. The van der Waals surface area contributed by atoms with E-state index in [0.29, 0.717) is 23.4 Å². The molecule has 5 nitrogen and oxygen atoms in total. The van der Waals surface area contributed by atoms with Crippen molar-refractivity contribution in [3.8, 4) is 10.7 Å². The van der Waals surface area contributed by atoms with Crippen LogP contribution >= 0.6 is 11.3 Å². The highest BCUT2D eigenvalue weighted by molar-refractivity contribution is 7.15. The molecule has 0 aromatic carbocycles. The molecule has 3 rings (SSSR count). The third-order valence-electron chi connectivity index (χ3n) is 3.72. The van der Waals surface area contributed by atoms with Crippen molar-refractivity contribution in [1.29, 1.82) is 0 Å². The fraction of sp³-hybridized carbons (Fsp3) is 0.353. The normalized spacial score (nSPS) is 11.8. The van der Waals surface area contributed by atoms with E-state index in [1.54, 1.807) is 24.4 Å². The molecule has 0 spiro atoms. The largest absolute Gasteiger partial charge is 0.471 e. The summed E-state index contributed by atoms with van der Waals surface area (Å²) >= 11 is 1.28. The van der Waals surface area contributed by atoms with Gasteiger partial charge < -0.3 is 9.09 Å². The Bertz CT molecular complexity index is 895. The van der Waals surface area contributed by atoms with Gasteiger partial charge in [-0.3, -0.25) is 4.79 Å². The summed E-state index contributed by atoms with van der Waals surface area (Å²) in [7, 11) is 0. The first kappa shape index (κ1) is 18.4. The lowest BCUT2D eigenvalue weighted by Crippen LogP contribution is -2.04. The molecule has 3 aromatic rings. The second kappa shape index (κ2) is 7.45. The Kier molecular flexibility index (Phi) is 5.26. The fourth-order valence-electron chi connectivity index (χ4n) is 2.39. The molecular weight excluding hydrogens is 367 g/mol. The number of halogens is 3. The van der Waals surface area contributed by atoms with Gasteiger partial charge in [0, 0.05) is 29.3 Å². The molecule has 0 saturated heterocycles. The Hall–Kier alpha value is -2.42. The van der Waals surface area contributed by atoms with Crippen LogP contribution in [-0.2, 0) is 12.7 Å². The summed E-state index contributed by atoms with van der Waals surface area (Å²) in [5.74, 6) is -1.33. The smallest absolute Gasteiger partial charge is 0.348 e. The van der Waals surface area contributed by atoms with Gasteiger partial charge in [0.2, 0.25) is 5.82 Å².